The molecule has 2 N–H and O–H groups in total. The maximum Gasteiger partial charge on any atom is 0.203 e. The van der Waals surface area contributed by atoms with Crippen molar-refractivity contribution in [1.82, 2.24) is 29.3 Å². The zero-order valence-electron chi connectivity index (χ0n) is 22.7. The van der Waals surface area contributed by atoms with Crippen LogP contribution in [-0.2, 0) is 16.0 Å². The van der Waals surface area contributed by atoms with Crippen LogP contribution in [0, 0.1) is 0 Å². The predicted octanol–water partition coefficient (Wildman–Crippen LogP) is 0.988. The van der Waals surface area contributed by atoms with Crippen molar-refractivity contribution in [2.75, 3.05) is 85.7 Å². The molecule has 0 saturated carbocycles. The van der Waals surface area contributed by atoms with Crippen LogP contribution in [0.3, 0.4) is 0 Å². The first-order valence-corrected chi connectivity index (χ1v) is 13.1. The number of rotatable bonds is 11. The summed E-state index contributed by atoms with van der Waals surface area (Å²) >= 11 is 0. The fraction of sp³-hybridized carbons (Fsp3) is 0.577. The molecule has 2 saturated heterocycles. The van der Waals surface area contributed by atoms with E-state index in [1.807, 2.05) is 16.7 Å². The summed E-state index contributed by atoms with van der Waals surface area (Å²) in [4.78, 5) is 18.3. The van der Waals surface area contributed by atoms with E-state index in [2.05, 4.69) is 30.1 Å². The lowest BCUT2D eigenvalue weighted by atomic mass is 10.1. The lowest BCUT2D eigenvalue weighted by molar-refractivity contribution is -0.134. The molecule has 0 radical (unpaired) electrons. The number of hydrogen-bond acceptors (Lipinski definition) is 12. The van der Waals surface area contributed by atoms with Crippen LogP contribution < -0.4 is 19.5 Å². The van der Waals surface area contributed by atoms with Gasteiger partial charge in [0.1, 0.15) is 12.6 Å². The minimum atomic E-state index is -0.330. The van der Waals surface area contributed by atoms with Gasteiger partial charge in [0.05, 0.1) is 53.6 Å². The number of benzene rings is 1. The number of methoxy groups -OCH3 is 3. The van der Waals surface area contributed by atoms with Gasteiger partial charge in [-0.25, -0.2) is 15.0 Å². The molecule has 1 aromatic carbocycles. The number of nitrogens with one attached hydrogen (secondary N) is 1. The lowest BCUT2D eigenvalue weighted by Gasteiger charge is -2.39. The molecule has 2 aliphatic heterocycles. The second kappa shape index (κ2) is 12.7. The third-order valence-electron chi connectivity index (χ3n) is 7.12. The molecule has 39 heavy (non-hydrogen) atoms. The molecule has 2 fully saturated rings. The van der Waals surface area contributed by atoms with Gasteiger partial charge in [0.2, 0.25) is 5.75 Å². The maximum absolute atomic E-state index is 9.92. The minimum absolute atomic E-state index is 0.0479. The van der Waals surface area contributed by atoms with Crippen LogP contribution in [-0.4, -0.2) is 121 Å². The molecule has 0 bridgehead atoms. The topological polar surface area (TPSA) is 128 Å². The zero-order valence-corrected chi connectivity index (χ0v) is 22.7. The van der Waals surface area contributed by atoms with Gasteiger partial charge in [0.15, 0.2) is 28.5 Å². The maximum atomic E-state index is 9.92. The van der Waals surface area contributed by atoms with E-state index < -0.39 is 0 Å². The Morgan fingerprint density at radius 2 is 1.72 bits per heavy atom. The van der Waals surface area contributed by atoms with Crippen molar-refractivity contribution in [2.45, 2.75) is 18.9 Å². The fourth-order valence-electron chi connectivity index (χ4n) is 5.05. The van der Waals surface area contributed by atoms with Crippen molar-refractivity contribution in [2.24, 2.45) is 0 Å². The molecule has 2 aromatic heterocycles. The van der Waals surface area contributed by atoms with Crippen LogP contribution in [0.25, 0.3) is 11.2 Å². The van der Waals surface area contributed by atoms with E-state index in [0.29, 0.717) is 53.9 Å². The van der Waals surface area contributed by atoms with Gasteiger partial charge in [-0.15, -0.1) is 0 Å². The zero-order chi connectivity index (χ0) is 27.2. The number of aliphatic hydroxyl groups is 1. The average Bonchev–Trinajstić information content (AvgIpc) is 3.43. The number of fused-ring (bicyclic) bond motifs is 1. The molecular formula is C26H37N7O6. The number of hydrogen-bond donors (Lipinski definition) is 2. The molecule has 13 nitrogen and oxygen atoms in total. The number of aromatic nitrogens is 4. The first kappa shape index (κ1) is 27.3. The summed E-state index contributed by atoms with van der Waals surface area (Å²) in [5, 5.41) is 13.3. The lowest BCUT2D eigenvalue weighted by Crippen LogP contribution is -2.50. The Bertz CT molecular complexity index is 1210. The van der Waals surface area contributed by atoms with Crippen molar-refractivity contribution in [1.29, 1.82) is 0 Å². The standard InChI is InChI=1S/C26H37N7O6/c1-35-20-10-18(11-21(36-2)24(20)37-3)12-27-25-23-26(29-16-28-25)33(17-30-23)22-14-32(13-19(15-34)39-22)5-4-31-6-8-38-9-7-31/h10-11,16-17,19,22,34H,4-9,12-15H2,1-3H3,(H,27,28,29)/t19-,22+/m0/s1. The van der Waals surface area contributed by atoms with E-state index in [1.54, 1.807) is 27.7 Å². The third kappa shape index (κ3) is 6.17. The highest BCUT2D eigenvalue weighted by molar-refractivity contribution is 5.82. The van der Waals surface area contributed by atoms with Gasteiger partial charge in [-0.05, 0) is 17.7 Å². The van der Waals surface area contributed by atoms with Gasteiger partial charge in [-0.2, -0.15) is 0 Å². The van der Waals surface area contributed by atoms with Crippen LogP contribution >= 0.6 is 0 Å². The van der Waals surface area contributed by atoms with E-state index in [4.69, 9.17) is 23.7 Å². The summed E-state index contributed by atoms with van der Waals surface area (Å²) in [5.74, 6) is 2.31. The van der Waals surface area contributed by atoms with Crippen molar-refractivity contribution in [3.05, 3.63) is 30.4 Å². The summed E-state index contributed by atoms with van der Waals surface area (Å²) in [7, 11) is 4.76. The van der Waals surface area contributed by atoms with Gasteiger partial charge in [-0.1, -0.05) is 0 Å². The van der Waals surface area contributed by atoms with Crippen molar-refractivity contribution in [3.8, 4) is 17.2 Å². The van der Waals surface area contributed by atoms with Gasteiger partial charge in [0, 0.05) is 45.8 Å². The molecule has 5 rings (SSSR count). The predicted molar refractivity (Wildman–Crippen MR) is 143 cm³/mol. The molecule has 0 spiro atoms. The fourth-order valence-corrected chi connectivity index (χ4v) is 5.05. The van der Waals surface area contributed by atoms with E-state index in [-0.39, 0.29) is 18.9 Å². The Kier molecular flexibility index (Phi) is 8.94. The number of imidazole rings is 1. The number of aliphatic hydroxyl groups excluding tert-OH is 1. The largest absolute Gasteiger partial charge is 0.493 e. The summed E-state index contributed by atoms with van der Waals surface area (Å²) in [6.45, 7) is 7.06. The van der Waals surface area contributed by atoms with Crippen LogP contribution in [0.5, 0.6) is 17.2 Å². The Hall–Kier alpha value is -3.23. The molecule has 2 atom stereocenters. The number of ether oxygens (including phenoxy) is 5. The number of anilines is 1. The Balaban J connectivity index is 1.31. The van der Waals surface area contributed by atoms with E-state index in [1.165, 1.54) is 6.33 Å². The highest BCUT2D eigenvalue weighted by Gasteiger charge is 2.30. The quantitative estimate of drug-likeness (QED) is 0.358. The first-order chi connectivity index (χ1) is 19.1. The SMILES string of the molecule is COc1cc(CNc2ncnc3c2ncn3[C@H]2CN(CCN3CCOCC3)C[C@@H](CO)O2)cc(OC)c1OC. The molecule has 0 amide bonds. The molecule has 3 aromatic rings. The van der Waals surface area contributed by atoms with Gasteiger partial charge in [0.25, 0.3) is 0 Å². The summed E-state index contributed by atoms with van der Waals surface area (Å²) in [6.07, 6.45) is 2.63. The van der Waals surface area contributed by atoms with Crippen LogP contribution in [0.4, 0.5) is 5.82 Å². The van der Waals surface area contributed by atoms with Gasteiger partial charge < -0.3 is 34.1 Å². The van der Waals surface area contributed by atoms with Crippen molar-refractivity contribution >= 4 is 17.0 Å². The number of nitrogens with zero attached hydrogens (tertiary/aromatic N) is 6. The summed E-state index contributed by atoms with van der Waals surface area (Å²) in [6, 6.07) is 3.78. The monoisotopic (exact) mass is 543 g/mol. The second-order valence-corrected chi connectivity index (χ2v) is 9.54. The number of morpholine rings is 2. The summed E-state index contributed by atoms with van der Waals surface area (Å²) in [5.41, 5.74) is 2.22. The Morgan fingerprint density at radius 3 is 2.41 bits per heavy atom. The van der Waals surface area contributed by atoms with Gasteiger partial charge in [-0.3, -0.25) is 14.4 Å². The van der Waals surface area contributed by atoms with Gasteiger partial charge >= 0.3 is 0 Å². The highest BCUT2D eigenvalue weighted by Crippen LogP contribution is 2.38. The average molecular weight is 544 g/mol. The first-order valence-electron chi connectivity index (χ1n) is 13.1. The molecule has 0 unspecified atom stereocenters. The summed E-state index contributed by atoms with van der Waals surface area (Å²) < 4.78 is 30.0. The highest BCUT2D eigenvalue weighted by atomic mass is 16.5. The normalized spacial score (nSPS) is 20.7. The molecule has 4 heterocycles. The van der Waals surface area contributed by atoms with Crippen molar-refractivity contribution < 1.29 is 28.8 Å². The van der Waals surface area contributed by atoms with E-state index >= 15 is 0 Å². The van der Waals surface area contributed by atoms with Crippen LogP contribution in [0.15, 0.2) is 24.8 Å². The Labute approximate surface area is 227 Å². The van der Waals surface area contributed by atoms with Crippen LogP contribution in [0.1, 0.15) is 11.8 Å². The third-order valence-corrected chi connectivity index (χ3v) is 7.12. The molecule has 212 valence electrons. The molecule has 2 aliphatic rings. The van der Waals surface area contributed by atoms with Crippen molar-refractivity contribution in [3.63, 3.8) is 0 Å². The van der Waals surface area contributed by atoms with Crippen LogP contribution in [0.2, 0.25) is 0 Å². The van der Waals surface area contributed by atoms with E-state index in [0.717, 1.165) is 45.0 Å². The molecule has 0 aliphatic carbocycles. The smallest absolute Gasteiger partial charge is 0.203 e. The minimum Gasteiger partial charge on any atom is -0.493 e. The Morgan fingerprint density at radius 1 is 0.974 bits per heavy atom. The second-order valence-electron chi connectivity index (χ2n) is 9.54. The van der Waals surface area contributed by atoms with E-state index in [9.17, 15) is 5.11 Å². The molecular weight excluding hydrogens is 506 g/mol. The molecule has 13 heteroatoms.